The number of nitrogens with zero attached hydrogens (tertiary/aromatic N) is 1. The second-order valence-corrected chi connectivity index (χ2v) is 19.9. The molecule has 0 heterocycles. The molecule has 66 heavy (non-hydrogen) atoms. The monoisotopic (exact) mass is 939 g/mol. The van der Waals surface area contributed by atoms with E-state index in [9.17, 15) is 19.4 Å². The fourth-order valence-corrected chi connectivity index (χ4v) is 7.59. The van der Waals surface area contributed by atoms with Gasteiger partial charge in [0.2, 0.25) is 5.91 Å². The molecule has 0 spiro atoms. The number of hydrogen-bond donors (Lipinski definition) is 2. The molecule has 0 aliphatic carbocycles. The van der Waals surface area contributed by atoms with E-state index >= 15 is 0 Å². The Bertz CT molecular complexity index is 1440. The number of amides is 1. The highest BCUT2D eigenvalue weighted by Gasteiger charge is 2.23. The van der Waals surface area contributed by atoms with Crippen molar-refractivity contribution in [1.82, 2.24) is 5.32 Å². The topological polar surface area (TPSA) is 108 Å². The third kappa shape index (κ3) is 49.1. The quantitative estimate of drug-likeness (QED) is 0.0272. The van der Waals surface area contributed by atoms with E-state index in [2.05, 4.69) is 116 Å². The predicted molar refractivity (Wildman–Crippen MR) is 283 cm³/mol. The Labute approximate surface area is 406 Å². The van der Waals surface area contributed by atoms with E-state index in [1.165, 1.54) is 96.3 Å². The van der Waals surface area contributed by atoms with Crippen LogP contribution in [-0.4, -0.2) is 68.5 Å². The van der Waals surface area contributed by atoms with Gasteiger partial charge in [-0.2, -0.15) is 0 Å². The summed E-state index contributed by atoms with van der Waals surface area (Å²) in [5, 5.41) is 13.8. The van der Waals surface area contributed by atoms with Crippen LogP contribution in [0, 0.1) is 0 Å². The molecule has 378 valence electrons. The van der Waals surface area contributed by atoms with Gasteiger partial charge in [0.25, 0.3) is 7.82 Å². The second-order valence-electron chi connectivity index (χ2n) is 18.5. The molecule has 0 aliphatic rings. The number of carbonyl (C=O) groups is 1. The third-order valence-corrected chi connectivity index (χ3v) is 11.9. The molecular formula is C57H99N2O6P. The molecule has 0 aromatic rings. The van der Waals surface area contributed by atoms with Crippen molar-refractivity contribution in [2.45, 2.75) is 206 Å². The Hall–Kier alpha value is -2.84. The fourth-order valence-electron chi connectivity index (χ4n) is 6.86. The van der Waals surface area contributed by atoms with Gasteiger partial charge in [0.05, 0.1) is 39.9 Å². The second kappa shape index (κ2) is 47.2. The van der Waals surface area contributed by atoms with Crippen LogP contribution in [0.25, 0.3) is 0 Å². The number of aliphatic hydroxyl groups excluding tert-OH is 1. The van der Waals surface area contributed by atoms with Gasteiger partial charge in [-0.3, -0.25) is 9.36 Å². The minimum Gasteiger partial charge on any atom is -0.756 e. The van der Waals surface area contributed by atoms with Crippen LogP contribution in [0.4, 0.5) is 0 Å². The zero-order valence-corrected chi connectivity index (χ0v) is 43.7. The van der Waals surface area contributed by atoms with Gasteiger partial charge in [-0.05, 0) is 83.5 Å². The molecule has 8 nitrogen and oxygen atoms in total. The first-order valence-corrected chi connectivity index (χ1v) is 27.7. The molecule has 1 amide bonds. The largest absolute Gasteiger partial charge is 0.756 e. The van der Waals surface area contributed by atoms with E-state index in [-0.39, 0.29) is 18.9 Å². The average Bonchev–Trinajstić information content (AvgIpc) is 3.28. The Kier molecular flexibility index (Phi) is 45.2. The Morgan fingerprint density at radius 1 is 0.545 bits per heavy atom. The zero-order valence-electron chi connectivity index (χ0n) is 42.9. The van der Waals surface area contributed by atoms with E-state index in [1.54, 1.807) is 6.08 Å². The normalized spacial score (nSPS) is 15.0. The number of nitrogens with one attached hydrogen (secondary N) is 1. The number of unbranched alkanes of at least 4 members (excludes halogenated alkanes) is 17. The van der Waals surface area contributed by atoms with E-state index in [1.807, 2.05) is 27.2 Å². The van der Waals surface area contributed by atoms with Crippen LogP contribution in [-0.2, 0) is 18.4 Å². The van der Waals surface area contributed by atoms with Crippen molar-refractivity contribution in [1.29, 1.82) is 0 Å². The zero-order chi connectivity index (χ0) is 48.5. The number of hydrogen-bond acceptors (Lipinski definition) is 6. The summed E-state index contributed by atoms with van der Waals surface area (Å²) in [6, 6.07) is -0.942. The van der Waals surface area contributed by atoms with Crippen LogP contribution in [0.2, 0.25) is 0 Å². The summed E-state index contributed by atoms with van der Waals surface area (Å²) in [5.41, 5.74) is 0. The molecular weight excluding hydrogens is 840 g/mol. The molecule has 0 saturated heterocycles. The van der Waals surface area contributed by atoms with Crippen molar-refractivity contribution >= 4 is 13.7 Å². The summed E-state index contributed by atoms with van der Waals surface area (Å²) in [4.78, 5) is 25.4. The number of likely N-dealkylation sites (N-methyl/N-ethyl adjacent to an activating group) is 1. The van der Waals surface area contributed by atoms with Crippen molar-refractivity contribution in [3.05, 3.63) is 109 Å². The SMILES string of the molecule is CC/C=C\C/C=C\C/C=C\C/C=C\C/C=C\C/C=C\C/C=C\CCCC(=O)NC(COP(=O)([O-])OCC[N+](C)(C)C)C(O)/C=C/CC/C=C/CCCCCCCCCCCCCCCCC. The van der Waals surface area contributed by atoms with Crippen LogP contribution in [0.1, 0.15) is 194 Å². The minimum atomic E-state index is -4.63. The highest BCUT2D eigenvalue weighted by molar-refractivity contribution is 7.45. The highest BCUT2D eigenvalue weighted by atomic mass is 31.2. The smallest absolute Gasteiger partial charge is 0.268 e. The van der Waals surface area contributed by atoms with Gasteiger partial charge in [0, 0.05) is 6.42 Å². The molecule has 0 saturated carbocycles. The van der Waals surface area contributed by atoms with Gasteiger partial charge in [-0.1, -0.05) is 213 Å². The maximum atomic E-state index is 12.9. The number of phosphoric acid groups is 1. The first-order valence-electron chi connectivity index (χ1n) is 26.2. The lowest BCUT2D eigenvalue weighted by atomic mass is 10.0. The first-order chi connectivity index (χ1) is 32.0. The summed E-state index contributed by atoms with van der Waals surface area (Å²) in [6.45, 7) is 4.46. The molecule has 0 radical (unpaired) electrons. The van der Waals surface area contributed by atoms with E-state index in [0.29, 0.717) is 17.4 Å². The Morgan fingerprint density at radius 3 is 1.41 bits per heavy atom. The van der Waals surface area contributed by atoms with Gasteiger partial charge < -0.3 is 28.8 Å². The van der Waals surface area contributed by atoms with Gasteiger partial charge >= 0.3 is 0 Å². The van der Waals surface area contributed by atoms with E-state index < -0.39 is 26.6 Å². The highest BCUT2D eigenvalue weighted by Crippen LogP contribution is 2.38. The third-order valence-electron chi connectivity index (χ3n) is 11.0. The Morgan fingerprint density at radius 2 is 0.939 bits per heavy atom. The van der Waals surface area contributed by atoms with Gasteiger partial charge in [-0.25, -0.2) is 0 Å². The van der Waals surface area contributed by atoms with Crippen LogP contribution >= 0.6 is 7.82 Å². The molecule has 0 rings (SSSR count). The van der Waals surface area contributed by atoms with E-state index in [4.69, 9.17) is 9.05 Å². The predicted octanol–water partition coefficient (Wildman–Crippen LogP) is 15.0. The molecule has 0 fully saturated rings. The fraction of sp³-hybridized carbons (Fsp3) is 0.667. The van der Waals surface area contributed by atoms with Crippen molar-refractivity contribution < 1.29 is 32.9 Å². The lowest BCUT2D eigenvalue weighted by Crippen LogP contribution is -2.45. The van der Waals surface area contributed by atoms with Gasteiger partial charge in [-0.15, -0.1) is 0 Å². The van der Waals surface area contributed by atoms with Crippen LogP contribution in [0.3, 0.4) is 0 Å². The number of carbonyl (C=O) groups excluding carboxylic acids is 1. The maximum Gasteiger partial charge on any atom is 0.268 e. The molecule has 0 aliphatic heterocycles. The summed E-state index contributed by atoms with van der Waals surface area (Å²) in [7, 11) is 1.19. The molecule has 0 bridgehead atoms. The van der Waals surface area contributed by atoms with Crippen LogP contribution < -0.4 is 10.2 Å². The number of phosphoric ester groups is 1. The summed E-state index contributed by atoms with van der Waals surface area (Å²) in [6.07, 6.45) is 68.8. The molecule has 3 unspecified atom stereocenters. The molecule has 0 aromatic carbocycles. The van der Waals surface area contributed by atoms with Gasteiger partial charge in [0.1, 0.15) is 13.2 Å². The summed E-state index contributed by atoms with van der Waals surface area (Å²) in [5.74, 6) is -0.269. The molecule has 2 N–H and O–H groups in total. The van der Waals surface area contributed by atoms with Crippen molar-refractivity contribution in [2.75, 3.05) is 40.9 Å². The lowest BCUT2D eigenvalue weighted by Gasteiger charge is -2.29. The molecule has 9 heteroatoms. The molecule has 0 aromatic heterocycles. The summed E-state index contributed by atoms with van der Waals surface area (Å²) >= 11 is 0. The number of allylic oxidation sites excluding steroid dienone is 17. The average molecular weight is 939 g/mol. The van der Waals surface area contributed by atoms with Crippen LogP contribution in [0.15, 0.2) is 109 Å². The van der Waals surface area contributed by atoms with Crippen molar-refractivity contribution in [3.63, 3.8) is 0 Å². The van der Waals surface area contributed by atoms with Gasteiger partial charge in [0.15, 0.2) is 0 Å². The van der Waals surface area contributed by atoms with Crippen LogP contribution in [0.5, 0.6) is 0 Å². The number of aliphatic hydroxyl groups is 1. The lowest BCUT2D eigenvalue weighted by molar-refractivity contribution is -0.870. The maximum absolute atomic E-state index is 12.9. The number of quaternary nitrogens is 1. The van der Waals surface area contributed by atoms with Crippen molar-refractivity contribution in [3.8, 4) is 0 Å². The number of rotatable bonds is 46. The van der Waals surface area contributed by atoms with Crippen molar-refractivity contribution in [2.24, 2.45) is 0 Å². The Balaban J connectivity index is 4.49. The molecule has 3 atom stereocenters. The van der Waals surface area contributed by atoms with E-state index in [0.717, 1.165) is 70.6 Å². The first kappa shape index (κ1) is 63.2. The minimum absolute atomic E-state index is 0.0235. The standard InChI is InChI=1S/C57H99N2O6P/c1-6-8-10-12-14-16-18-20-22-24-26-28-29-31-33-35-37-39-41-43-45-47-49-51-57(61)58-55(54-65-66(62,63)64-53-52-59(3,4)5)56(60)50-48-46-44-42-40-38-36-34-32-30-27-25-23-21-19-17-15-13-11-9-7-2/h8,10,14,16,20,22,26,28,31,33,37,39-40,42-43,45,48,50,55-56,60H,6-7,9,11-13,15,17-19,21,23-25,27,29-30,32,34-36,38,41,44,46-47,49,51-54H2,1-5H3,(H-,58,61,62,63)/b10-8-,16-14-,22-20-,28-26-,33-31-,39-37-,42-40+,45-43-,50-48+. The summed E-state index contributed by atoms with van der Waals surface area (Å²) < 4.78 is 23.2.